The summed E-state index contributed by atoms with van der Waals surface area (Å²) in [6, 6.07) is 0. The van der Waals surface area contributed by atoms with E-state index in [9.17, 15) is 15.0 Å². The second-order valence-electron chi connectivity index (χ2n) is 10.5. The molecule has 4 saturated carbocycles. The Kier molecular flexibility index (Phi) is 4.56. The lowest BCUT2D eigenvalue weighted by atomic mass is 9.42. The van der Waals surface area contributed by atoms with E-state index in [0.717, 1.165) is 19.3 Å². The number of fused-ring (bicyclic) bond motifs is 5. The molecule has 0 radical (unpaired) electrons. The average molecular weight is 395 g/mol. The monoisotopic (exact) mass is 394 g/mol. The Labute approximate surface area is 167 Å². The molecule has 5 heteroatoms. The fourth-order valence-corrected chi connectivity index (χ4v) is 7.91. The molecule has 28 heavy (non-hydrogen) atoms. The summed E-state index contributed by atoms with van der Waals surface area (Å²) in [6.45, 7) is 9.45. The molecule has 158 valence electrons. The van der Waals surface area contributed by atoms with Gasteiger partial charge in [-0.1, -0.05) is 19.9 Å². The van der Waals surface area contributed by atoms with Gasteiger partial charge in [-0.2, -0.15) is 0 Å². The summed E-state index contributed by atoms with van der Waals surface area (Å²) in [4.78, 5) is 11.4. The minimum Gasteiger partial charge on any atom is -0.462 e. The first-order chi connectivity index (χ1) is 13.0. The third kappa shape index (κ3) is 2.44. The molecule has 2 N–H and O–H groups in total. The minimum atomic E-state index is -1.45. The van der Waals surface area contributed by atoms with Gasteiger partial charge in [0, 0.05) is 24.2 Å². The zero-order valence-electron chi connectivity index (χ0n) is 17.4. The van der Waals surface area contributed by atoms with Crippen molar-refractivity contribution >= 4 is 5.97 Å². The van der Waals surface area contributed by atoms with Crippen molar-refractivity contribution in [2.45, 2.75) is 95.6 Å². The lowest BCUT2D eigenvalue weighted by Gasteiger charge is -2.65. The van der Waals surface area contributed by atoms with Gasteiger partial charge >= 0.3 is 5.97 Å². The summed E-state index contributed by atoms with van der Waals surface area (Å²) in [5, 5.41) is 22.7. The molecule has 0 heterocycles. The molecule has 4 fully saturated rings. The summed E-state index contributed by atoms with van der Waals surface area (Å²) < 4.78 is 21.0. The number of esters is 1. The SMILES string of the molecule is C=C[C@]1(O)CC[C@@H]2[C@@H]3C[C@H](F)[C@@]4(O)C[C@H](OC(C)=O)CC[C@]4(C)[C@@H]3CC[C@@]21C. The van der Waals surface area contributed by atoms with Gasteiger partial charge in [-0.15, -0.1) is 6.58 Å². The predicted octanol–water partition coefficient (Wildman–Crippen LogP) is 3.94. The molecule has 0 aromatic carbocycles. The first-order valence-corrected chi connectivity index (χ1v) is 10.9. The summed E-state index contributed by atoms with van der Waals surface area (Å²) in [7, 11) is 0. The molecule has 0 amide bonds. The highest BCUT2D eigenvalue weighted by atomic mass is 19.1. The van der Waals surface area contributed by atoms with Crippen LogP contribution in [0.4, 0.5) is 4.39 Å². The number of aliphatic hydroxyl groups is 2. The van der Waals surface area contributed by atoms with Crippen LogP contribution in [0.15, 0.2) is 12.7 Å². The van der Waals surface area contributed by atoms with Crippen molar-refractivity contribution in [3.05, 3.63) is 12.7 Å². The number of halogens is 1. The highest BCUT2D eigenvalue weighted by Crippen LogP contribution is 2.69. The number of carbonyl (C=O) groups is 1. The van der Waals surface area contributed by atoms with Crippen molar-refractivity contribution in [3.63, 3.8) is 0 Å². The number of hydrogen-bond acceptors (Lipinski definition) is 4. The molecule has 0 aromatic rings. The first-order valence-electron chi connectivity index (χ1n) is 10.9. The van der Waals surface area contributed by atoms with Gasteiger partial charge in [0.25, 0.3) is 0 Å². The highest BCUT2D eigenvalue weighted by Gasteiger charge is 2.69. The molecule has 0 unspecified atom stereocenters. The number of rotatable bonds is 2. The van der Waals surface area contributed by atoms with Crippen molar-refractivity contribution in [1.29, 1.82) is 0 Å². The highest BCUT2D eigenvalue weighted by molar-refractivity contribution is 5.66. The fourth-order valence-electron chi connectivity index (χ4n) is 7.91. The van der Waals surface area contributed by atoms with Gasteiger partial charge in [0.05, 0.1) is 5.60 Å². The molecule has 0 aromatic heterocycles. The van der Waals surface area contributed by atoms with Crippen molar-refractivity contribution in [1.82, 2.24) is 0 Å². The molecule has 9 atom stereocenters. The van der Waals surface area contributed by atoms with Crippen molar-refractivity contribution in [2.75, 3.05) is 0 Å². The van der Waals surface area contributed by atoms with Gasteiger partial charge in [-0.05, 0) is 62.7 Å². The maximum atomic E-state index is 15.6. The minimum absolute atomic E-state index is 0.165. The molecule has 4 aliphatic rings. The Bertz CT molecular complexity index is 682. The van der Waals surface area contributed by atoms with Crippen LogP contribution < -0.4 is 0 Å². The van der Waals surface area contributed by atoms with E-state index in [1.165, 1.54) is 6.92 Å². The third-order valence-electron chi connectivity index (χ3n) is 9.65. The lowest BCUT2D eigenvalue weighted by Crippen LogP contribution is -2.68. The quantitative estimate of drug-likeness (QED) is 0.550. The van der Waals surface area contributed by atoms with E-state index in [1.54, 1.807) is 6.08 Å². The van der Waals surface area contributed by atoms with Crippen LogP contribution in [0.5, 0.6) is 0 Å². The molecule has 0 saturated heterocycles. The second kappa shape index (κ2) is 6.28. The Morgan fingerprint density at radius 3 is 2.36 bits per heavy atom. The third-order valence-corrected chi connectivity index (χ3v) is 9.65. The van der Waals surface area contributed by atoms with E-state index in [4.69, 9.17) is 4.74 Å². The Morgan fingerprint density at radius 2 is 1.71 bits per heavy atom. The summed E-state index contributed by atoms with van der Waals surface area (Å²) in [5.74, 6) is 0.274. The average Bonchev–Trinajstić information content (AvgIpc) is 2.89. The smallest absolute Gasteiger partial charge is 0.302 e. The molecule has 0 spiro atoms. The number of hydrogen-bond donors (Lipinski definition) is 2. The van der Waals surface area contributed by atoms with Crippen molar-refractivity contribution < 1.29 is 24.1 Å². The molecule has 0 aliphatic heterocycles. The maximum Gasteiger partial charge on any atom is 0.302 e. The van der Waals surface area contributed by atoms with Crippen LogP contribution in [0.2, 0.25) is 0 Å². The van der Waals surface area contributed by atoms with Crippen LogP contribution in [0, 0.1) is 28.6 Å². The Hall–Kier alpha value is -0.940. The number of alkyl halides is 1. The van der Waals surface area contributed by atoms with Crippen molar-refractivity contribution in [2.24, 2.45) is 28.6 Å². The van der Waals surface area contributed by atoms with E-state index >= 15 is 4.39 Å². The van der Waals surface area contributed by atoms with Gasteiger partial charge in [-0.3, -0.25) is 4.79 Å². The lowest BCUT2D eigenvalue weighted by molar-refractivity contribution is -0.254. The number of ether oxygens (including phenoxy) is 1. The summed E-state index contributed by atoms with van der Waals surface area (Å²) in [5.41, 5.74) is -3.12. The van der Waals surface area contributed by atoms with E-state index in [2.05, 4.69) is 20.4 Å². The van der Waals surface area contributed by atoms with Crippen LogP contribution >= 0.6 is 0 Å². The van der Waals surface area contributed by atoms with Crippen LogP contribution in [-0.4, -0.2) is 39.7 Å². The zero-order valence-corrected chi connectivity index (χ0v) is 17.4. The van der Waals surface area contributed by atoms with Gasteiger partial charge in [0.15, 0.2) is 0 Å². The van der Waals surface area contributed by atoms with Crippen LogP contribution in [0.3, 0.4) is 0 Å². The largest absolute Gasteiger partial charge is 0.462 e. The van der Waals surface area contributed by atoms with Gasteiger partial charge in [0.2, 0.25) is 0 Å². The van der Waals surface area contributed by atoms with Crippen LogP contribution in [0.25, 0.3) is 0 Å². The van der Waals surface area contributed by atoms with E-state index < -0.39 is 28.9 Å². The van der Waals surface area contributed by atoms with Crippen LogP contribution in [-0.2, 0) is 9.53 Å². The molecule has 0 bridgehead atoms. The van der Waals surface area contributed by atoms with E-state index in [1.807, 2.05) is 0 Å². The normalized spacial score (nSPS) is 55.6. The molecule has 4 nitrogen and oxygen atoms in total. The zero-order chi connectivity index (χ0) is 20.5. The first kappa shape index (κ1) is 20.3. The van der Waals surface area contributed by atoms with Gasteiger partial charge < -0.3 is 14.9 Å². The molecular formula is C23H35FO4. The molecule has 4 rings (SSSR count). The van der Waals surface area contributed by atoms with Gasteiger partial charge in [0.1, 0.15) is 17.9 Å². The van der Waals surface area contributed by atoms with Crippen molar-refractivity contribution in [3.8, 4) is 0 Å². The topological polar surface area (TPSA) is 66.8 Å². The van der Waals surface area contributed by atoms with E-state index in [0.29, 0.717) is 25.7 Å². The standard InChI is InChI=1S/C23H35FO4/c1-5-22(26)11-8-17-16-12-19(24)23(27)13-15(28-14(2)25)6-9-21(23,4)18(16)7-10-20(17,22)3/h5,15-19,26-27H,1,6-13H2,2-4H3/t15-,16+,17-,18-,19+,20+,21-,22+,23+/m1/s1. The summed E-state index contributed by atoms with van der Waals surface area (Å²) in [6.07, 6.45) is 5.15. The Balaban J connectivity index is 1.65. The summed E-state index contributed by atoms with van der Waals surface area (Å²) >= 11 is 0. The molecule has 4 aliphatic carbocycles. The predicted molar refractivity (Wildman–Crippen MR) is 104 cm³/mol. The van der Waals surface area contributed by atoms with Gasteiger partial charge in [-0.25, -0.2) is 4.39 Å². The maximum absolute atomic E-state index is 15.6. The second-order valence-corrected chi connectivity index (χ2v) is 10.5. The number of carbonyl (C=O) groups excluding carboxylic acids is 1. The molecular weight excluding hydrogens is 359 g/mol. The fraction of sp³-hybridized carbons (Fsp3) is 0.870. The van der Waals surface area contributed by atoms with Crippen LogP contribution in [0.1, 0.15) is 72.1 Å². The van der Waals surface area contributed by atoms with E-state index in [-0.39, 0.29) is 35.6 Å². The Morgan fingerprint density at radius 1 is 1.11 bits per heavy atom.